The number of aryl methyl sites for hydroxylation is 1. The lowest BCUT2D eigenvalue weighted by molar-refractivity contribution is -0.134. The lowest BCUT2D eigenvalue weighted by Crippen LogP contribution is -2.46. The van der Waals surface area contributed by atoms with Gasteiger partial charge in [0.05, 0.1) is 30.0 Å². The number of nitrogens with zero attached hydrogens (tertiary/aromatic N) is 2. The number of carbonyl (C=O) groups excluding carboxylic acids is 1. The Kier molecular flexibility index (Phi) is 7.25. The average Bonchev–Trinajstić information content (AvgIpc) is 2.79. The predicted molar refractivity (Wildman–Crippen MR) is 101 cm³/mol. The number of nitrogens with one attached hydrogen (secondary N) is 1. The Morgan fingerprint density at radius 1 is 1.27 bits per heavy atom. The van der Waals surface area contributed by atoms with Gasteiger partial charge in [0.2, 0.25) is 0 Å². The molecule has 26 heavy (non-hydrogen) atoms. The van der Waals surface area contributed by atoms with E-state index in [1.54, 1.807) is 6.07 Å². The Morgan fingerprint density at radius 3 is 2.62 bits per heavy atom. The third-order valence-corrected chi connectivity index (χ3v) is 4.80. The minimum Gasteiger partial charge on any atom is -0.481 e. The minimum atomic E-state index is -0.833. The van der Waals surface area contributed by atoms with Crippen LogP contribution < -0.4 is 5.32 Å². The van der Waals surface area contributed by atoms with Gasteiger partial charge in [0.25, 0.3) is 5.97 Å². The summed E-state index contributed by atoms with van der Waals surface area (Å²) < 4.78 is 5.70. The van der Waals surface area contributed by atoms with Crippen LogP contribution >= 0.6 is 11.6 Å². The van der Waals surface area contributed by atoms with Crippen molar-refractivity contribution in [2.45, 2.75) is 19.9 Å². The van der Waals surface area contributed by atoms with Gasteiger partial charge in [-0.2, -0.15) is 0 Å². The Labute approximate surface area is 158 Å². The molecule has 144 valence electrons. The zero-order chi connectivity index (χ0) is 19.3. The molecule has 2 aliphatic rings. The maximum Gasteiger partial charge on any atom is 0.321 e. The van der Waals surface area contributed by atoms with E-state index in [0.717, 1.165) is 32.2 Å². The molecule has 0 aliphatic carbocycles. The summed E-state index contributed by atoms with van der Waals surface area (Å²) in [6.45, 7) is 6.80. The van der Waals surface area contributed by atoms with Crippen molar-refractivity contribution in [3.8, 4) is 0 Å². The number of hydrogen-bond acceptors (Lipinski definition) is 4. The number of benzene rings is 1. The number of rotatable bonds is 1. The number of urea groups is 1. The number of carboxylic acids is 1. The zero-order valence-corrected chi connectivity index (χ0v) is 16.1. The van der Waals surface area contributed by atoms with Crippen LogP contribution in [0.4, 0.5) is 10.5 Å². The Hall–Kier alpha value is -1.83. The van der Waals surface area contributed by atoms with Crippen LogP contribution in [0.25, 0.3) is 0 Å². The molecule has 1 aromatic carbocycles. The van der Waals surface area contributed by atoms with E-state index in [-0.39, 0.29) is 12.1 Å². The number of carboxylic acid groups (broad SMARTS) is 1. The molecule has 3 rings (SSSR count). The number of likely N-dealkylation sites (N-methyl/N-ethyl adjacent to an activating group) is 1. The topological polar surface area (TPSA) is 82.1 Å². The summed E-state index contributed by atoms with van der Waals surface area (Å²) in [6.07, 6.45) is 0. The average molecular weight is 384 g/mol. The fraction of sp³-hybridized carbons (Fsp3) is 0.556. The second-order valence-corrected chi connectivity index (χ2v) is 7.19. The molecular weight excluding hydrogens is 358 g/mol. The maximum absolute atomic E-state index is 12.7. The molecule has 2 heterocycles. The molecule has 2 saturated heterocycles. The van der Waals surface area contributed by atoms with E-state index in [4.69, 9.17) is 26.2 Å². The first-order valence-electron chi connectivity index (χ1n) is 8.56. The van der Waals surface area contributed by atoms with Crippen molar-refractivity contribution in [1.82, 2.24) is 9.80 Å². The smallest absolute Gasteiger partial charge is 0.321 e. The molecule has 0 aromatic heterocycles. The molecule has 8 heteroatoms. The van der Waals surface area contributed by atoms with Crippen molar-refractivity contribution < 1.29 is 19.4 Å². The minimum absolute atomic E-state index is 0.0802. The highest BCUT2D eigenvalue weighted by Crippen LogP contribution is 2.26. The first-order chi connectivity index (χ1) is 12.3. The largest absolute Gasteiger partial charge is 0.481 e. The predicted octanol–water partition coefficient (Wildman–Crippen LogP) is 2.53. The molecule has 2 aliphatic heterocycles. The number of amides is 2. The summed E-state index contributed by atoms with van der Waals surface area (Å²) in [5.74, 6) is -0.476. The summed E-state index contributed by atoms with van der Waals surface area (Å²) in [5, 5.41) is 11.0. The van der Waals surface area contributed by atoms with Gasteiger partial charge in [-0.05, 0) is 25.6 Å². The van der Waals surface area contributed by atoms with Crippen LogP contribution in [0.1, 0.15) is 12.5 Å². The molecule has 2 fully saturated rings. The lowest BCUT2D eigenvalue weighted by Gasteiger charge is -2.30. The van der Waals surface area contributed by atoms with Crippen LogP contribution in [0, 0.1) is 12.8 Å². The van der Waals surface area contributed by atoms with Gasteiger partial charge in [-0.15, -0.1) is 0 Å². The number of halogens is 1. The number of aliphatic carboxylic acids is 1. The van der Waals surface area contributed by atoms with Crippen LogP contribution in [-0.2, 0) is 9.53 Å². The number of carbonyl (C=O) groups is 2. The highest BCUT2D eigenvalue weighted by atomic mass is 35.5. The fourth-order valence-corrected chi connectivity index (χ4v) is 3.46. The van der Waals surface area contributed by atoms with Gasteiger partial charge in [-0.1, -0.05) is 23.7 Å². The first-order valence-corrected chi connectivity index (χ1v) is 8.94. The third-order valence-electron chi connectivity index (χ3n) is 4.48. The van der Waals surface area contributed by atoms with Crippen LogP contribution in [0.15, 0.2) is 18.2 Å². The van der Waals surface area contributed by atoms with Crippen LogP contribution in [0.3, 0.4) is 0 Å². The molecule has 0 spiro atoms. The summed E-state index contributed by atoms with van der Waals surface area (Å²) in [4.78, 5) is 25.8. The van der Waals surface area contributed by atoms with E-state index in [2.05, 4.69) is 17.3 Å². The van der Waals surface area contributed by atoms with Crippen LogP contribution in [0.5, 0.6) is 0 Å². The first kappa shape index (κ1) is 20.5. The van der Waals surface area contributed by atoms with E-state index in [0.29, 0.717) is 29.8 Å². The van der Waals surface area contributed by atoms with Crippen molar-refractivity contribution in [3.05, 3.63) is 28.8 Å². The molecule has 2 amide bonds. The van der Waals surface area contributed by atoms with Gasteiger partial charge < -0.3 is 20.1 Å². The molecule has 2 N–H and O–H groups in total. The molecule has 2 bridgehead atoms. The molecule has 2 atom stereocenters. The van der Waals surface area contributed by atoms with E-state index < -0.39 is 5.97 Å². The lowest BCUT2D eigenvalue weighted by atomic mass is 10.1. The number of anilines is 1. The molecule has 1 aromatic rings. The summed E-state index contributed by atoms with van der Waals surface area (Å²) in [7, 11) is 2.10. The van der Waals surface area contributed by atoms with Gasteiger partial charge >= 0.3 is 6.03 Å². The van der Waals surface area contributed by atoms with Gasteiger partial charge in [0, 0.05) is 32.5 Å². The second kappa shape index (κ2) is 9.21. The van der Waals surface area contributed by atoms with Crippen molar-refractivity contribution in [1.29, 1.82) is 0 Å². The van der Waals surface area contributed by atoms with E-state index in [1.165, 1.54) is 0 Å². The Balaban J connectivity index is 0.000000552. The van der Waals surface area contributed by atoms with Gasteiger partial charge in [0.15, 0.2) is 0 Å². The normalized spacial score (nSPS) is 22.7. The quantitative estimate of drug-likeness (QED) is 0.778. The Bertz CT molecular complexity index is 631. The molecular formula is C18H26ClN3O4. The van der Waals surface area contributed by atoms with Crippen molar-refractivity contribution in [2.75, 3.05) is 45.2 Å². The fourth-order valence-electron chi connectivity index (χ4n) is 3.19. The number of para-hydroxylation sites is 1. The summed E-state index contributed by atoms with van der Waals surface area (Å²) >= 11 is 6.20. The SMILES string of the molecule is CC(=O)O.Cc1cccc(Cl)c1NC(=O)N1C[C@@H]2COC[C@H](C1)N(C)C2. The van der Waals surface area contributed by atoms with E-state index >= 15 is 0 Å². The van der Waals surface area contributed by atoms with Crippen molar-refractivity contribution in [3.63, 3.8) is 0 Å². The molecule has 0 saturated carbocycles. The highest BCUT2D eigenvalue weighted by Gasteiger charge is 2.33. The number of hydrogen-bond donors (Lipinski definition) is 2. The monoisotopic (exact) mass is 383 g/mol. The number of ether oxygens (including phenoxy) is 1. The summed E-state index contributed by atoms with van der Waals surface area (Å²) in [5.41, 5.74) is 1.67. The summed E-state index contributed by atoms with van der Waals surface area (Å²) in [6, 6.07) is 5.80. The van der Waals surface area contributed by atoms with Gasteiger partial charge in [0.1, 0.15) is 0 Å². The Morgan fingerprint density at radius 2 is 1.96 bits per heavy atom. The van der Waals surface area contributed by atoms with Crippen molar-refractivity contribution >= 4 is 29.3 Å². The standard InChI is InChI=1S/C16H22ClN3O2.C2H4O2/c1-11-4-3-5-14(17)15(11)18-16(21)20-7-12-6-19(2)13(8-20)10-22-9-12;1-2(3)4/h3-5,12-13H,6-10H2,1-2H3,(H,18,21);1H3,(H,3,4)/t12-,13+;/m1./s1. The van der Waals surface area contributed by atoms with Crippen LogP contribution in [0.2, 0.25) is 5.02 Å². The van der Waals surface area contributed by atoms with Crippen molar-refractivity contribution in [2.24, 2.45) is 5.92 Å². The highest BCUT2D eigenvalue weighted by molar-refractivity contribution is 6.33. The molecule has 0 unspecified atom stereocenters. The van der Waals surface area contributed by atoms with E-state index in [1.807, 2.05) is 24.0 Å². The van der Waals surface area contributed by atoms with E-state index in [9.17, 15) is 4.79 Å². The third kappa shape index (κ3) is 5.59. The van der Waals surface area contributed by atoms with Gasteiger partial charge in [-0.3, -0.25) is 9.69 Å². The molecule has 0 radical (unpaired) electrons. The molecule has 7 nitrogen and oxygen atoms in total. The maximum atomic E-state index is 12.7. The zero-order valence-electron chi connectivity index (χ0n) is 15.4. The van der Waals surface area contributed by atoms with Crippen LogP contribution in [-0.4, -0.2) is 72.8 Å². The number of fused-ring (bicyclic) bond motifs is 3. The second-order valence-electron chi connectivity index (χ2n) is 6.78. The van der Waals surface area contributed by atoms with Gasteiger partial charge in [-0.25, -0.2) is 4.79 Å².